The van der Waals surface area contributed by atoms with Crippen LogP contribution in [0.15, 0.2) is 18.2 Å². The van der Waals surface area contributed by atoms with Crippen LogP contribution in [0.2, 0.25) is 0 Å². The topological polar surface area (TPSA) is 200 Å². The lowest BCUT2D eigenvalue weighted by Crippen LogP contribution is -2.55. The van der Waals surface area contributed by atoms with E-state index in [0.29, 0.717) is 19.7 Å². The van der Waals surface area contributed by atoms with Gasteiger partial charge in [-0.15, -0.1) is 0 Å². The molecule has 16 heteroatoms. The molecule has 0 spiro atoms. The monoisotopic (exact) mass is 754 g/mol. The van der Waals surface area contributed by atoms with Crippen molar-refractivity contribution >= 4 is 23.4 Å². The molecule has 0 saturated carbocycles. The Morgan fingerprint density at radius 2 is 1.83 bits per heavy atom. The number of phenols is 2. The van der Waals surface area contributed by atoms with E-state index >= 15 is 0 Å². The van der Waals surface area contributed by atoms with Crippen molar-refractivity contribution in [3.8, 4) is 17.2 Å². The first kappa shape index (κ1) is 38.1. The van der Waals surface area contributed by atoms with E-state index in [4.69, 9.17) is 33.2 Å². The predicted molar refractivity (Wildman–Crippen MR) is 185 cm³/mol. The fraction of sp³-hybridized carbons (Fsp3) is 0.579. The molecule has 0 radical (unpaired) electrons. The van der Waals surface area contributed by atoms with Gasteiger partial charge in [0, 0.05) is 69.2 Å². The number of ketones is 3. The van der Waals surface area contributed by atoms with Gasteiger partial charge in [0.15, 0.2) is 31.2 Å². The highest BCUT2D eigenvalue weighted by Crippen LogP contribution is 2.53. The molecule has 2 aromatic carbocycles. The number of carbonyl (C=O) groups excluding carboxylic acids is 4. The van der Waals surface area contributed by atoms with E-state index in [-0.39, 0.29) is 46.6 Å². The first-order valence-corrected chi connectivity index (χ1v) is 18.2. The first-order chi connectivity index (χ1) is 25.8. The molecule has 1 amide bonds. The number of Topliss-reactive ketones (excluding diaryl/α,β-unsaturated/α-hetero) is 1. The van der Waals surface area contributed by atoms with Gasteiger partial charge in [0.2, 0.25) is 11.6 Å². The number of hydrogen-bond donors (Lipinski definition) is 3. The summed E-state index contributed by atoms with van der Waals surface area (Å²) >= 11 is 0. The zero-order chi connectivity index (χ0) is 38.6. The van der Waals surface area contributed by atoms with Crippen LogP contribution in [0.3, 0.4) is 0 Å². The van der Waals surface area contributed by atoms with E-state index in [1.165, 1.54) is 44.4 Å². The van der Waals surface area contributed by atoms with Crippen LogP contribution in [0.1, 0.15) is 88.6 Å². The maximum atomic E-state index is 14.1. The lowest BCUT2D eigenvalue weighted by molar-refractivity contribution is -0.256. The smallest absolute Gasteiger partial charge is 0.409 e. The Morgan fingerprint density at radius 3 is 2.56 bits per heavy atom. The summed E-state index contributed by atoms with van der Waals surface area (Å²) in [5.41, 5.74) is -3.61. The minimum absolute atomic E-state index is 0.0504. The van der Waals surface area contributed by atoms with Gasteiger partial charge in [-0.25, -0.2) is 4.79 Å². The summed E-state index contributed by atoms with van der Waals surface area (Å²) < 4.78 is 41.0. The second kappa shape index (κ2) is 14.8. The van der Waals surface area contributed by atoms with Crippen molar-refractivity contribution in [1.82, 2.24) is 9.80 Å². The standard InChI is InChI=1S/C38H46N2O14/c1-6-7-11-39(3)37(46)51-17-24(41)38(47)15-20-27(33(45)29-28(31(20)43)30(42)19-9-8-10-22(48-4)26(19)32(29)44)23(16-38)53-25-14-21-34(18(2)52-25)54-35-36(49-5)50-13-12-40(21)35/h8-10,18,21,23,25,34-36,43,45,47H,6-7,11-17H2,1-5H3/t18-,21-,23-,25-,34+,35+,36-,38-/m0/s1. The van der Waals surface area contributed by atoms with Crippen LogP contribution in [-0.2, 0) is 39.6 Å². The summed E-state index contributed by atoms with van der Waals surface area (Å²) in [6.45, 7) is 4.36. The summed E-state index contributed by atoms with van der Waals surface area (Å²) in [6, 6.07) is 4.23. The molecule has 3 saturated heterocycles. The number of fused-ring (bicyclic) bond motifs is 6. The van der Waals surface area contributed by atoms with Crippen LogP contribution >= 0.6 is 0 Å². The Bertz CT molecular complexity index is 1850. The van der Waals surface area contributed by atoms with Crippen LogP contribution in [-0.4, -0.2) is 139 Å². The molecule has 3 N–H and O–H groups in total. The zero-order valence-electron chi connectivity index (χ0n) is 30.9. The van der Waals surface area contributed by atoms with Crippen LogP contribution < -0.4 is 4.74 Å². The highest BCUT2D eigenvalue weighted by atomic mass is 16.7. The Kier molecular flexibility index (Phi) is 10.5. The fourth-order valence-electron chi connectivity index (χ4n) is 8.40. The molecule has 2 aliphatic carbocycles. The van der Waals surface area contributed by atoms with Gasteiger partial charge < -0.3 is 53.4 Å². The Balaban J connectivity index is 1.25. The van der Waals surface area contributed by atoms with Crippen LogP contribution in [0.5, 0.6) is 17.2 Å². The van der Waals surface area contributed by atoms with E-state index in [9.17, 15) is 34.5 Å². The SMILES string of the molecule is CCCCN(C)C(=O)OCC(=O)[C@]1(O)Cc2c(O)c3c(c(O)c2[C@@H](O[C@H]2C[C@H]4[C@H](O[C@@H]5[C@@H](OC)OCCN54)[C@H](C)O2)C1)C(=O)c1c(OC)cccc1C3=O. The number of rotatable bonds is 10. The van der Waals surface area contributed by atoms with Crippen molar-refractivity contribution in [3.63, 3.8) is 0 Å². The van der Waals surface area contributed by atoms with E-state index in [1.54, 1.807) is 0 Å². The number of carbonyl (C=O) groups is 4. The zero-order valence-corrected chi connectivity index (χ0v) is 30.9. The van der Waals surface area contributed by atoms with E-state index < -0.39 is 102 Å². The van der Waals surface area contributed by atoms with Gasteiger partial charge >= 0.3 is 6.09 Å². The van der Waals surface area contributed by atoms with Crippen molar-refractivity contribution in [2.75, 3.05) is 47.6 Å². The summed E-state index contributed by atoms with van der Waals surface area (Å²) in [5.74, 6) is -3.64. The molecule has 0 unspecified atom stereocenters. The van der Waals surface area contributed by atoms with E-state index in [2.05, 4.69) is 4.90 Å². The number of morpholine rings is 1. The van der Waals surface area contributed by atoms with Crippen LogP contribution in [0.25, 0.3) is 0 Å². The molecule has 3 heterocycles. The third-order valence-corrected chi connectivity index (χ3v) is 11.2. The average molecular weight is 755 g/mol. The van der Waals surface area contributed by atoms with Gasteiger partial charge in [-0.2, -0.15) is 0 Å². The number of aliphatic hydroxyl groups is 1. The van der Waals surface area contributed by atoms with Gasteiger partial charge in [-0.05, 0) is 19.4 Å². The molecule has 5 aliphatic rings. The molecule has 0 aromatic heterocycles. The lowest BCUT2D eigenvalue weighted by atomic mass is 9.72. The normalized spacial score (nSPS) is 30.1. The maximum Gasteiger partial charge on any atom is 0.409 e. The van der Waals surface area contributed by atoms with E-state index in [0.717, 1.165) is 12.8 Å². The molecule has 16 nitrogen and oxygen atoms in total. The number of nitrogens with zero attached hydrogens (tertiary/aromatic N) is 2. The fourth-order valence-corrected chi connectivity index (χ4v) is 8.40. The number of ether oxygens (including phenoxy) is 7. The van der Waals surface area contributed by atoms with Gasteiger partial charge in [0.05, 0.1) is 42.6 Å². The number of unbranched alkanes of at least 4 members (excludes halogenated alkanes) is 1. The summed E-state index contributed by atoms with van der Waals surface area (Å²) in [4.78, 5) is 57.9. The maximum absolute atomic E-state index is 14.1. The number of methoxy groups -OCH3 is 2. The average Bonchev–Trinajstić information content (AvgIpc) is 3.55. The number of phenolic OH excluding ortho intramolecular Hbond substituents is 2. The van der Waals surface area contributed by atoms with Crippen molar-refractivity contribution in [1.29, 1.82) is 0 Å². The van der Waals surface area contributed by atoms with Gasteiger partial charge in [0.25, 0.3) is 0 Å². The Hall–Kier alpha value is -4.16. The first-order valence-electron chi connectivity index (χ1n) is 18.2. The van der Waals surface area contributed by atoms with Gasteiger partial charge in [-0.3, -0.25) is 19.3 Å². The largest absolute Gasteiger partial charge is 0.507 e. The minimum atomic E-state index is -2.30. The predicted octanol–water partition coefficient (Wildman–Crippen LogP) is 2.59. The minimum Gasteiger partial charge on any atom is -0.507 e. The third-order valence-electron chi connectivity index (χ3n) is 11.2. The van der Waals surface area contributed by atoms with Crippen LogP contribution in [0, 0.1) is 0 Å². The number of hydrogen-bond acceptors (Lipinski definition) is 15. The second-order valence-corrected chi connectivity index (χ2v) is 14.4. The van der Waals surface area contributed by atoms with Crippen molar-refractivity contribution in [2.24, 2.45) is 0 Å². The Morgan fingerprint density at radius 1 is 1.07 bits per heavy atom. The van der Waals surface area contributed by atoms with Crippen molar-refractivity contribution in [2.45, 2.75) is 94.7 Å². The summed E-state index contributed by atoms with van der Waals surface area (Å²) in [6.07, 6.45) is -4.29. The van der Waals surface area contributed by atoms with Crippen molar-refractivity contribution < 1.29 is 67.7 Å². The molecule has 292 valence electrons. The molecular formula is C38H46N2O14. The second-order valence-electron chi connectivity index (χ2n) is 14.4. The van der Waals surface area contributed by atoms with Crippen LogP contribution in [0.4, 0.5) is 4.79 Å². The molecule has 0 bridgehead atoms. The molecular weight excluding hydrogens is 708 g/mol. The highest BCUT2D eigenvalue weighted by Gasteiger charge is 2.55. The molecule has 8 atom stereocenters. The molecule has 3 aliphatic heterocycles. The number of aromatic hydroxyl groups is 2. The molecule has 3 fully saturated rings. The van der Waals surface area contributed by atoms with Crippen molar-refractivity contribution in [3.05, 3.63) is 51.6 Å². The quantitative estimate of drug-likeness (QED) is 0.255. The molecule has 2 aromatic rings. The third kappa shape index (κ3) is 6.32. The Labute approximate surface area is 311 Å². The molecule has 54 heavy (non-hydrogen) atoms. The van der Waals surface area contributed by atoms with Gasteiger partial charge in [0.1, 0.15) is 29.0 Å². The van der Waals surface area contributed by atoms with E-state index in [1.807, 2.05) is 13.8 Å². The molecule has 7 rings (SSSR count). The summed E-state index contributed by atoms with van der Waals surface area (Å²) in [5, 5.41) is 35.9. The number of amides is 1. The lowest BCUT2D eigenvalue weighted by Gasteiger charge is -2.43. The van der Waals surface area contributed by atoms with Gasteiger partial charge in [-0.1, -0.05) is 25.5 Å². The number of benzene rings is 2. The summed E-state index contributed by atoms with van der Waals surface area (Å²) in [7, 11) is 4.41. The highest BCUT2D eigenvalue weighted by molar-refractivity contribution is 6.31.